The molecule has 1 amide bonds. The average Bonchev–Trinajstić information content (AvgIpc) is 2.52. The predicted octanol–water partition coefficient (Wildman–Crippen LogP) is 3.93. The Bertz CT molecular complexity index is 757. The number of carbonyl (C=O) groups is 2. The minimum Gasteiger partial charge on any atom is -0.483 e. The third kappa shape index (κ3) is 4.58. The third-order valence-corrected chi connectivity index (χ3v) is 3.10. The maximum absolute atomic E-state index is 12.8. The highest BCUT2D eigenvalue weighted by Crippen LogP contribution is 2.35. The molecule has 0 radical (unpaired) electrons. The number of anilines is 1. The summed E-state index contributed by atoms with van der Waals surface area (Å²) in [6.07, 6.45) is -4.57. The van der Waals surface area contributed by atoms with E-state index in [4.69, 9.17) is 4.74 Å². The number of benzene rings is 2. The molecule has 0 atom stereocenters. The lowest BCUT2D eigenvalue weighted by Gasteiger charge is -2.13. The summed E-state index contributed by atoms with van der Waals surface area (Å²) in [7, 11) is 0. The standard InChI is InChI=1S/C17H14F3NO3/c1-11(22)12-5-4-6-13(9-12)21-16(23)10-24-15-8-3-2-7-14(15)17(18,19)20/h2-9H,10H2,1H3,(H,21,23). The number of amides is 1. The van der Waals surface area contributed by atoms with Crippen molar-refractivity contribution in [3.05, 3.63) is 59.7 Å². The molecule has 0 spiro atoms. The van der Waals surface area contributed by atoms with E-state index in [0.29, 0.717) is 11.3 Å². The molecule has 0 aliphatic carbocycles. The number of rotatable bonds is 5. The smallest absolute Gasteiger partial charge is 0.419 e. The minimum atomic E-state index is -4.57. The molecule has 0 aliphatic rings. The largest absolute Gasteiger partial charge is 0.483 e. The summed E-state index contributed by atoms with van der Waals surface area (Å²) >= 11 is 0. The van der Waals surface area contributed by atoms with Gasteiger partial charge in [0.1, 0.15) is 5.75 Å². The van der Waals surface area contributed by atoms with Crippen LogP contribution in [0, 0.1) is 0 Å². The van der Waals surface area contributed by atoms with Crippen LogP contribution in [0.3, 0.4) is 0 Å². The molecule has 0 saturated heterocycles. The van der Waals surface area contributed by atoms with Crippen LogP contribution in [-0.4, -0.2) is 18.3 Å². The maximum Gasteiger partial charge on any atom is 0.419 e. The Hall–Kier alpha value is -2.83. The molecule has 126 valence electrons. The van der Waals surface area contributed by atoms with Crippen molar-refractivity contribution in [3.8, 4) is 5.75 Å². The van der Waals surface area contributed by atoms with Crippen LogP contribution in [0.1, 0.15) is 22.8 Å². The first-order valence-electron chi connectivity index (χ1n) is 6.97. The molecule has 0 bridgehead atoms. The van der Waals surface area contributed by atoms with Gasteiger partial charge in [-0.15, -0.1) is 0 Å². The normalized spacial score (nSPS) is 11.0. The van der Waals surface area contributed by atoms with Crippen LogP contribution in [0.25, 0.3) is 0 Å². The van der Waals surface area contributed by atoms with E-state index in [2.05, 4.69) is 5.32 Å². The molecule has 2 rings (SSSR count). The number of hydrogen-bond donors (Lipinski definition) is 1. The molecule has 0 heterocycles. The highest BCUT2D eigenvalue weighted by atomic mass is 19.4. The van der Waals surface area contributed by atoms with Gasteiger partial charge in [-0.05, 0) is 31.2 Å². The van der Waals surface area contributed by atoms with Crippen molar-refractivity contribution >= 4 is 17.4 Å². The number of ketones is 1. The number of hydrogen-bond acceptors (Lipinski definition) is 3. The van der Waals surface area contributed by atoms with E-state index in [1.165, 1.54) is 25.1 Å². The number of carbonyl (C=O) groups excluding carboxylic acids is 2. The second-order valence-corrected chi connectivity index (χ2v) is 4.97. The van der Waals surface area contributed by atoms with Crippen molar-refractivity contribution in [2.45, 2.75) is 13.1 Å². The van der Waals surface area contributed by atoms with Gasteiger partial charge in [0.15, 0.2) is 12.4 Å². The van der Waals surface area contributed by atoms with Gasteiger partial charge in [0.25, 0.3) is 5.91 Å². The Morgan fingerprint density at radius 1 is 1.08 bits per heavy atom. The lowest BCUT2D eigenvalue weighted by molar-refractivity contribution is -0.139. The Morgan fingerprint density at radius 3 is 2.46 bits per heavy atom. The Balaban J connectivity index is 2.02. The summed E-state index contributed by atoms with van der Waals surface area (Å²) in [6.45, 7) is 0.801. The van der Waals surface area contributed by atoms with E-state index in [-0.39, 0.29) is 5.78 Å². The van der Waals surface area contributed by atoms with E-state index < -0.39 is 30.0 Å². The molecular weight excluding hydrogens is 323 g/mol. The SMILES string of the molecule is CC(=O)c1cccc(NC(=O)COc2ccccc2C(F)(F)F)c1. The van der Waals surface area contributed by atoms with Crippen LogP contribution < -0.4 is 10.1 Å². The van der Waals surface area contributed by atoms with E-state index >= 15 is 0 Å². The second kappa shape index (κ2) is 7.16. The third-order valence-electron chi connectivity index (χ3n) is 3.10. The molecule has 2 aromatic rings. The van der Waals surface area contributed by atoms with Crippen LogP contribution in [0.5, 0.6) is 5.75 Å². The van der Waals surface area contributed by atoms with E-state index in [1.54, 1.807) is 18.2 Å². The average molecular weight is 337 g/mol. The summed E-state index contributed by atoms with van der Waals surface area (Å²) in [5.41, 5.74) is -0.173. The molecule has 4 nitrogen and oxygen atoms in total. The van der Waals surface area contributed by atoms with Gasteiger partial charge in [0, 0.05) is 11.3 Å². The number of para-hydroxylation sites is 1. The zero-order valence-corrected chi connectivity index (χ0v) is 12.7. The summed E-state index contributed by atoms with van der Waals surface area (Å²) in [5.74, 6) is -1.22. The summed E-state index contributed by atoms with van der Waals surface area (Å²) in [5, 5.41) is 2.47. The van der Waals surface area contributed by atoms with Gasteiger partial charge in [0.2, 0.25) is 0 Å². The fraction of sp³-hybridized carbons (Fsp3) is 0.176. The predicted molar refractivity (Wildman–Crippen MR) is 82.0 cm³/mol. The zero-order chi connectivity index (χ0) is 17.7. The highest BCUT2D eigenvalue weighted by Gasteiger charge is 2.34. The monoisotopic (exact) mass is 337 g/mol. The molecule has 0 aliphatic heterocycles. The van der Waals surface area contributed by atoms with Crippen molar-refractivity contribution in [1.82, 2.24) is 0 Å². The molecule has 0 saturated carbocycles. The van der Waals surface area contributed by atoms with Gasteiger partial charge in [-0.1, -0.05) is 24.3 Å². The molecule has 0 unspecified atom stereocenters. The Labute approximate surface area is 136 Å². The molecule has 0 aromatic heterocycles. The van der Waals surface area contributed by atoms with Crippen molar-refractivity contribution in [3.63, 3.8) is 0 Å². The van der Waals surface area contributed by atoms with Crippen LogP contribution in [0.15, 0.2) is 48.5 Å². The van der Waals surface area contributed by atoms with Gasteiger partial charge < -0.3 is 10.1 Å². The molecule has 0 fully saturated rings. The maximum atomic E-state index is 12.8. The van der Waals surface area contributed by atoms with Gasteiger partial charge in [-0.3, -0.25) is 9.59 Å². The van der Waals surface area contributed by atoms with Gasteiger partial charge in [0.05, 0.1) is 5.56 Å². The van der Waals surface area contributed by atoms with Crippen LogP contribution in [0.2, 0.25) is 0 Å². The summed E-state index contributed by atoms with van der Waals surface area (Å²) in [6, 6.07) is 10.9. The van der Waals surface area contributed by atoms with Gasteiger partial charge in [-0.2, -0.15) is 13.2 Å². The van der Waals surface area contributed by atoms with Crippen molar-refractivity contribution in [1.29, 1.82) is 0 Å². The first-order valence-corrected chi connectivity index (χ1v) is 6.97. The molecule has 1 N–H and O–H groups in total. The quantitative estimate of drug-likeness (QED) is 0.841. The lowest BCUT2D eigenvalue weighted by Crippen LogP contribution is -2.21. The number of ether oxygens (including phenoxy) is 1. The van der Waals surface area contributed by atoms with Crippen LogP contribution in [0.4, 0.5) is 18.9 Å². The molecule has 24 heavy (non-hydrogen) atoms. The molecule has 7 heteroatoms. The lowest BCUT2D eigenvalue weighted by atomic mass is 10.1. The fourth-order valence-corrected chi connectivity index (χ4v) is 1.98. The number of nitrogens with one attached hydrogen (secondary N) is 1. The number of halogens is 3. The summed E-state index contributed by atoms with van der Waals surface area (Å²) in [4.78, 5) is 23.1. The van der Waals surface area contributed by atoms with Crippen molar-refractivity contribution < 1.29 is 27.5 Å². The number of alkyl halides is 3. The van der Waals surface area contributed by atoms with Crippen LogP contribution >= 0.6 is 0 Å². The Kier molecular flexibility index (Phi) is 5.23. The first kappa shape index (κ1) is 17.5. The van der Waals surface area contributed by atoms with Crippen molar-refractivity contribution in [2.24, 2.45) is 0 Å². The zero-order valence-electron chi connectivity index (χ0n) is 12.7. The highest BCUT2D eigenvalue weighted by molar-refractivity contribution is 5.97. The number of Topliss-reactive ketones (excluding diaryl/α,β-unsaturated/α-hetero) is 1. The van der Waals surface area contributed by atoms with E-state index in [9.17, 15) is 22.8 Å². The second-order valence-electron chi connectivity index (χ2n) is 4.97. The van der Waals surface area contributed by atoms with Gasteiger partial charge in [-0.25, -0.2) is 0 Å². The fourth-order valence-electron chi connectivity index (χ4n) is 1.98. The van der Waals surface area contributed by atoms with E-state index in [1.807, 2.05) is 0 Å². The van der Waals surface area contributed by atoms with Crippen LogP contribution in [-0.2, 0) is 11.0 Å². The molecule has 2 aromatic carbocycles. The summed E-state index contributed by atoms with van der Waals surface area (Å²) < 4.78 is 43.5. The van der Waals surface area contributed by atoms with E-state index in [0.717, 1.165) is 12.1 Å². The first-order chi connectivity index (χ1) is 11.3. The van der Waals surface area contributed by atoms with Gasteiger partial charge >= 0.3 is 6.18 Å². The minimum absolute atomic E-state index is 0.165. The Morgan fingerprint density at radius 2 is 1.79 bits per heavy atom. The molecular formula is C17H14F3NO3. The topological polar surface area (TPSA) is 55.4 Å². The van der Waals surface area contributed by atoms with Crippen molar-refractivity contribution in [2.75, 3.05) is 11.9 Å².